The van der Waals surface area contributed by atoms with Crippen molar-refractivity contribution in [2.75, 3.05) is 16.6 Å². The van der Waals surface area contributed by atoms with E-state index in [0.717, 1.165) is 11.9 Å². The molecule has 1 heterocycles. The van der Waals surface area contributed by atoms with Crippen molar-refractivity contribution in [3.63, 3.8) is 0 Å². The molecule has 0 aliphatic carbocycles. The molecule has 0 aliphatic rings. The molecule has 1 atom stereocenters. The molecule has 5 nitrogen and oxygen atoms in total. The number of pyridine rings is 1. The number of aromatic nitrogens is 1. The molecule has 2 rings (SSSR count). The first kappa shape index (κ1) is 18.0. The lowest BCUT2D eigenvalue weighted by Gasteiger charge is -2.12. The van der Waals surface area contributed by atoms with Crippen LogP contribution in [0.3, 0.4) is 0 Å². The molecule has 0 saturated carbocycles. The predicted octanol–water partition coefficient (Wildman–Crippen LogP) is 3.50. The van der Waals surface area contributed by atoms with Crippen LogP contribution in [0.15, 0.2) is 35.2 Å². The first-order valence-corrected chi connectivity index (χ1v) is 8.09. The number of anilines is 2. The monoisotopic (exact) mass is 349 g/mol. The zero-order valence-corrected chi connectivity index (χ0v) is 13.8. The average Bonchev–Trinajstić information content (AvgIpc) is 2.54. The van der Waals surface area contributed by atoms with Gasteiger partial charge in [0.2, 0.25) is 5.95 Å². The highest BCUT2D eigenvalue weighted by Gasteiger charge is 2.11. The summed E-state index contributed by atoms with van der Waals surface area (Å²) in [6, 6.07) is 9.02. The van der Waals surface area contributed by atoms with Gasteiger partial charge in [0.05, 0.1) is 16.1 Å². The van der Waals surface area contributed by atoms with Gasteiger partial charge in [0, 0.05) is 12.6 Å². The van der Waals surface area contributed by atoms with Gasteiger partial charge < -0.3 is 15.8 Å². The van der Waals surface area contributed by atoms with Crippen LogP contribution in [0.25, 0.3) is 0 Å². The zero-order valence-electron chi connectivity index (χ0n) is 13.0. The second-order valence-corrected chi connectivity index (χ2v) is 6.03. The number of nitriles is 1. The predicted molar refractivity (Wildman–Crippen MR) is 91.5 cm³/mol. The lowest BCUT2D eigenvalue weighted by Crippen LogP contribution is -2.19. The Labute approximate surface area is 143 Å². The van der Waals surface area contributed by atoms with Crippen molar-refractivity contribution >= 4 is 23.5 Å². The Balaban J connectivity index is 2.09. The SMILES string of the molecule is C[C@@H](N)CCNc1cc(F)c(SNc2cccc(F)n2)cc1C#N. The van der Waals surface area contributed by atoms with Crippen LogP contribution < -0.4 is 15.8 Å². The highest BCUT2D eigenvalue weighted by atomic mass is 32.2. The number of rotatable bonds is 7. The second-order valence-electron chi connectivity index (χ2n) is 5.18. The fourth-order valence-corrected chi connectivity index (χ4v) is 2.54. The molecule has 0 aliphatic heterocycles. The minimum absolute atomic E-state index is 0.0191. The van der Waals surface area contributed by atoms with E-state index >= 15 is 0 Å². The van der Waals surface area contributed by atoms with E-state index in [1.54, 1.807) is 6.07 Å². The van der Waals surface area contributed by atoms with Gasteiger partial charge in [0.25, 0.3) is 0 Å². The van der Waals surface area contributed by atoms with Gasteiger partial charge in [-0.05, 0) is 49.6 Å². The van der Waals surface area contributed by atoms with Crippen molar-refractivity contribution in [3.8, 4) is 6.07 Å². The van der Waals surface area contributed by atoms with Gasteiger partial charge in [-0.25, -0.2) is 9.37 Å². The maximum Gasteiger partial charge on any atom is 0.214 e. The first-order chi connectivity index (χ1) is 11.5. The topological polar surface area (TPSA) is 86.8 Å². The van der Waals surface area contributed by atoms with Crippen LogP contribution in [0.1, 0.15) is 18.9 Å². The molecule has 1 aromatic heterocycles. The van der Waals surface area contributed by atoms with Gasteiger partial charge in [-0.15, -0.1) is 0 Å². The molecule has 0 radical (unpaired) electrons. The number of nitrogens with two attached hydrogens (primary N) is 1. The molecule has 0 saturated heterocycles. The van der Waals surface area contributed by atoms with E-state index in [-0.39, 0.29) is 16.8 Å². The van der Waals surface area contributed by atoms with E-state index in [4.69, 9.17) is 5.73 Å². The van der Waals surface area contributed by atoms with Gasteiger partial charge in [-0.1, -0.05) is 6.07 Å². The Kier molecular flexibility index (Phi) is 6.35. The number of hydrogen-bond donors (Lipinski definition) is 3. The number of hydrogen-bond acceptors (Lipinski definition) is 6. The summed E-state index contributed by atoms with van der Waals surface area (Å²) in [4.78, 5) is 3.84. The van der Waals surface area contributed by atoms with Crippen molar-refractivity contribution in [3.05, 3.63) is 47.7 Å². The van der Waals surface area contributed by atoms with Crippen LogP contribution in [0.5, 0.6) is 0 Å². The number of nitrogens with zero attached hydrogens (tertiary/aromatic N) is 2. The van der Waals surface area contributed by atoms with E-state index in [1.165, 1.54) is 24.3 Å². The van der Waals surface area contributed by atoms with Crippen molar-refractivity contribution in [1.29, 1.82) is 5.26 Å². The molecule has 4 N–H and O–H groups in total. The summed E-state index contributed by atoms with van der Waals surface area (Å²) in [6.07, 6.45) is 0.704. The van der Waals surface area contributed by atoms with Crippen molar-refractivity contribution in [1.82, 2.24) is 4.98 Å². The van der Waals surface area contributed by atoms with Crippen LogP contribution in [0.4, 0.5) is 20.3 Å². The van der Waals surface area contributed by atoms with E-state index in [1.807, 2.05) is 13.0 Å². The molecular weight excluding hydrogens is 332 g/mol. The summed E-state index contributed by atoms with van der Waals surface area (Å²) in [7, 11) is 0. The third-order valence-corrected chi connectivity index (χ3v) is 3.93. The zero-order chi connectivity index (χ0) is 17.5. The van der Waals surface area contributed by atoms with Crippen LogP contribution in [-0.2, 0) is 0 Å². The Morgan fingerprint density at radius 2 is 2.17 bits per heavy atom. The maximum absolute atomic E-state index is 14.2. The Hall–Kier alpha value is -2.37. The molecule has 126 valence electrons. The molecule has 24 heavy (non-hydrogen) atoms. The van der Waals surface area contributed by atoms with E-state index in [2.05, 4.69) is 15.0 Å². The summed E-state index contributed by atoms with van der Waals surface area (Å²) < 4.78 is 30.0. The lowest BCUT2D eigenvalue weighted by atomic mass is 10.1. The number of benzene rings is 1. The standard InChI is InChI=1S/C16H17F2N5S/c1-10(20)5-6-21-13-8-12(17)14(7-11(13)9-19)24-23-16-4-2-3-15(18)22-16/h2-4,7-8,10,21H,5-6,20H2,1H3,(H,22,23)/t10-/m1/s1. The molecular formula is C16H17F2N5S. The summed E-state index contributed by atoms with van der Waals surface area (Å²) in [5.74, 6) is -0.865. The summed E-state index contributed by atoms with van der Waals surface area (Å²) in [5.41, 5.74) is 6.40. The molecule has 1 aromatic carbocycles. The van der Waals surface area contributed by atoms with Crippen LogP contribution >= 0.6 is 11.9 Å². The van der Waals surface area contributed by atoms with Gasteiger partial charge >= 0.3 is 0 Å². The lowest BCUT2D eigenvalue weighted by molar-refractivity contribution is 0.586. The summed E-state index contributed by atoms with van der Waals surface area (Å²) in [5, 5.41) is 12.2. The fraction of sp³-hybridized carbons (Fsp3) is 0.250. The smallest absolute Gasteiger partial charge is 0.214 e. The van der Waals surface area contributed by atoms with Crippen molar-refractivity contribution in [2.45, 2.75) is 24.3 Å². The van der Waals surface area contributed by atoms with Gasteiger partial charge in [0.15, 0.2) is 0 Å². The Morgan fingerprint density at radius 3 is 2.83 bits per heavy atom. The third-order valence-electron chi connectivity index (χ3n) is 3.09. The van der Waals surface area contributed by atoms with E-state index in [0.29, 0.717) is 24.2 Å². The molecule has 0 fully saturated rings. The van der Waals surface area contributed by atoms with Crippen LogP contribution in [0, 0.1) is 23.1 Å². The molecule has 0 spiro atoms. The van der Waals surface area contributed by atoms with Crippen LogP contribution in [0.2, 0.25) is 0 Å². The van der Waals surface area contributed by atoms with Crippen molar-refractivity contribution in [2.24, 2.45) is 5.73 Å². The van der Waals surface area contributed by atoms with E-state index in [9.17, 15) is 14.0 Å². The Bertz CT molecular complexity index is 746. The molecule has 8 heteroatoms. The van der Waals surface area contributed by atoms with Crippen molar-refractivity contribution < 1.29 is 8.78 Å². The first-order valence-electron chi connectivity index (χ1n) is 7.28. The van der Waals surface area contributed by atoms with Gasteiger partial charge in [-0.3, -0.25) is 0 Å². The highest BCUT2D eigenvalue weighted by molar-refractivity contribution is 8.00. The molecule has 0 bridgehead atoms. The molecule has 0 amide bonds. The quantitative estimate of drug-likeness (QED) is 0.524. The minimum Gasteiger partial charge on any atom is -0.384 e. The normalized spacial score (nSPS) is 11.6. The van der Waals surface area contributed by atoms with E-state index < -0.39 is 11.8 Å². The van der Waals surface area contributed by atoms with Gasteiger partial charge in [-0.2, -0.15) is 9.65 Å². The molecule has 0 unspecified atom stereocenters. The third kappa shape index (κ3) is 5.08. The second kappa shape index (κ2) is 8.47. The summed E-state index contributed by atoms with van der Waals surface area (Å²) >= 11 is 0.923. The largest absolute Gasteiger partial charge is 0.384 e. The number of nitrogens with one attached hydrogen (secondary N) is 2. The Morgan fingerprint density at radius 1 is 1.38 bits per heavy atom. The fourth-order valence-electron chi connectivity index (χ4n) is 1.88. The number of halogens is 2. The molecule has 2 aromatic rings. The van der Waals surface area contributed by atoms with Crippen LogP contribution in [-0.4, -0.2) is 17.6 Å². The van der Waals surface area contributed by atoms with Gasteiger partial charge in [0.1, 0.15) is 17.7 Å². The maximum atomic E-state index is 14.2. The minimum atomic E-state index is -0.632. The highest BCUT2D eigenvalue weighted by Crippen LogP contribution is 2.28. The summed E-state index contributed by atoms with van der Waals surface area (Å²) in [6.45, 7) is 2.42. The average molecular weight is 349 g/mol.